The average molecular weight is 252 g/mol. The molecule has 7 nitrogen and oxygen atoms in total. The molecular weight excluding hydrogens is 236 g/mol. The highest BCUT2D eigenvalue weighted by atomic mass is 32.2. The van der Waals surface area contributed by atoms with Crippen LogP contribution in [0.25, 0.3) is 0 Å². The molecule has 0 aromatic rings. The van der Waals surface area contributed by atoms with E-state index in [2.05, 4.69) is 11.3 Å². The number of rotatable bonds is 8. The monoisotopic (exact) mass is 252 g/mol. The molecule has 4 N–H and O–H groups in total. The lowest BCUT2D eigenvalue weighted by Gasteiger charge is -2.19. The number of carbonyl (C=O) groups is 1. The van der Waals surface area contributed by atoms with Gasteiger partial charge >= 0.3 is 6.09 Å². The van der Waals surface area contributed by atoms with Crippen molar-refractivity contribution >= 4 is 17.4 Å². The summed E-state index contributed by atoms with van der Waals surface area (Å²) < 4.78 is 25.2. The summed E-state index contributed by atoms with van der Waals surface area (Å²) in [7, 11) is 0. The maximum absolute atomic E-state index is 10.8. The van der Waals surface area contributed by atoms with Crippen LogP contribution >= 0.6 is 0 Å². The summed E-state index contributed by atoms with van der Waals surface area (Å²) >= 11 is -2.19. The van der Waals surface area contributed by atoms with E-state index >= 15 is 0 Å². The molecule has 0 radical (unpaired) electrons. The van der Waals surface area contributed by atoms with Crippen LogP contribution in [0.5, 0.6) is 0 Å². The predicted molar refractivity (Wildman–Crippen MR) is 58.7 cm³/mol. The molecule has 0 saturated carbocycles. The lowest BCUT2D eigenvalue weighted by atomic mass is 10.3. The molecule has 2 atom stereocenters. The number of primary amides is 1. The first-order valence-corrected chi connectivity index (χ1v) is 5.60. The topological polar surface area (TPSA) is 113 Å². The molecule has 0 aromatic carbocycles. The fraction of sp³-hybridized carbons (Fsp3) is 0.625. The van der Waals surface area contributed by atoms with Crippen molar-refractivity contribution in [2.75, 3.05) is 19.7 Å². The van der Waals surface area contributed by atoms with Crippen LogP contribution in [0.3, 0.4) is 0 Å². The Balaban J connectivity index is 4.01. The van der Waals surface area contributed by atoms with Crippen LogP contribution in [0, 0.1) is 0 Å². The molecule has 0 aliphatic carbocycles. The minimum absolute atomic E-state index is 0.0930. The maximum Gasteiger partial charge on any atom is 0.404 e. The highest BCUT2D eigenvalue weighted by Gasteiger charge is 2.16. The Hall–Kier alpha value is -0.960. The lowest BCUT2D eigenvalue weighted by molar-refractivity contribution is 0.0615. The molecular formula is C8H16N2O5S. The Morgan fingerprint density at radius 2 is 2.31 bits per heavy atom. The smallest absolute Gasteiger partial charge is 0.404 e. The number of carbonyl (C=O) groups excluding carboxylic acids is 1. The summed E-state index contributed by atoms with van der Waals surface area (Å²) in [6.45, 7) is 3.35. The van der Waals surface area contributed by atoms with Crippen LogP contribution in [0.2, 0.25) is 0 Å². The van der Waals surface area contributed by atoms with E-state index in [0.29, 0.717) is 6.42 Å². The molecule has 8 heteroatoms. The largest absolute Gasteiger partial charge is 0.447 e. The minimum Gasteiger partial charge on any atom is -0.447 e. The van der Waals surface area contributed by atoms with E-state index in [4.69, 9.17) is 10.3 Å². The number of hydrogen-bond acceptors (Lipinski definition) is 4. The number of ether oxygens (including phenoxy) is 1. The Bertz CT molecular complexity index is 261. The molecule has 2 unspecified atom stereocenters. The highest BCUT2D eigenvalue weighted by Crippen LogP contribution is 1.99. The predicted octanol–water partition coefficient (Wildman–Crippen LogP) is -0.543. The molecule has 1 amide bonds. The molecule has 0 heterocycles. The summed E-state index contributed by atoms with van der Waals surface area (Å²) in [5.41, 5.74) is 4.70. The van der Waals surface area contributed by atoms with Crippen molar-refractivity contribution in [3.05, 3.63) is 12.7 Å². The van der Waals surface area contributed by atoms with Crippen LogP contribution in [0.1, 0.15) is 6.42 Å². The van der Waals surface area contributed by atoms with Gasteiger partial charge in [0.1, 0.15) is 12.7 Å². The van der Waals surface area contributed by atoms with Crippen molar-refractivity contribution < 1.29 is 23.4 Å². The SMILES string of the molecule is C=CCCN(CC(O)COC(N)=O)S(=O)O. The van der Waals surface area contributed by atoms with Crippen molar-refractivity contribution in [3.8, 4) is 0 Å². The summed E-state index contributed by atoms with van der Waals surface area (Å²) in [6.07, 6.45) is 0.0391. The maximum atomic E-state index is 10.8. The van der Waals surface area contributed by atoms with Crippen molar-refractivity contribution in [1.29, 1.82) is 0 Å². The van der Waals surface area contributed by atoms with Gasteiger partial charge in [-0.2, -0.15) is 4.31 Å². The molecule has 94 valence electrons. The number of nitrogens with two attached hydrogens (primary N) is 1. The molecule has 0 spiro atoms. The number of hydrogen-bond donors (Lipinski definition) is 3. The van der Waals surface area contributed by atoms with Gasteiger partial charge in [-0.25, -0.2) is 9.00 Å². The third-order valence-electron chi connectivity index (χ3n) is 1.64. The summed E-state index contributed by atoms with van der Waals surface area (Å²) in [4.78, 5) is 10.2. The quantitative estimate of drug-likeness (QED) is 0.396. The molecule has 0 rings (SSSR count). The second-order valence-electron chi connectivity index (χ2n) is 2.98. The van der Waals surface area contributed by atoms with Gasteiger partial charge in [0.05, 0.1) is 0 Å². The van der Waals surface area contributed by atoms with Gasteiger partial charge in [0.15, 0.2) is 0 Å². The molecule has 0 saturated heterocycles. The van der Waals surface area contributed by atoms with Gasteiger partial charge in [-0.05, 0) is 6.42 Å². The third-order valence-corrected chi connectivity index (χ3v) is 2.41. The van der Waals surface area contributed by atoms with Crippen molar-refractivity contribution in [2.24, 2.45) is 5.73 Å². The molecule has 16 heavy (non-hydrogen) atoms. The number of aliphatic hydroxyl groups is 1. The Morgan fingerprint density at radius 1 is 1.69 bits per heavy atom. The zero-order valence-corrected chi connectivity index (χ0v) is 9.56. The van der Waals surface area contributed by atoms with Crippen molar-refractivity contribution in [2.45, 2.75) is 12.5 Å². The number of amides is 1. The zero-order chi connectivity index (χ0) is 12.6. The number of aliphatic hydroxyl groups excluding tert-OH is 1. The number of nitrogens with zero attached hydrogens (tertiary/aromatic N) is 1. The van der Waals surface area contributed by atoms with Crippen LogP contribution in [0.4, 0.5) is 4.79 Å². The second kappa shape index (κ2) is 8.22. The normalized spacial score (nSPS) is 14.4. The van der Waals surface area contributed by atoms with E-state index in [1.165, 1.54) is 0 Å². The minimum atomic E-state index is -2.19. The van der Waals surface area contributed by atoms with E-state index in [1.807, 2.05) is 0 Å². The Morgan fingerprint density at radius 3 is 2.75 bits per heavy atom. The first-order chi connectivity index (χ1) is 7.47. The van der Waals surface area contributed by atoms with E-state index in [1.54, 1.807) is 6.08 Å². The van der Waals surface area contributed by atoms with Gasteiger partial charge in [0.2, 0.25) is 11.3 Å². The van der Waals surface area contributed by atoms with Crippen LogP contribution < -0.4 is 5.73 Å². The zero-order valence-electron chi connectivity index (χ0n) is 8.74. The second-order valence-corrected chi connectivity index (χ2v) is 3.96. The fourth-order valence-electron chi connectivity index (χ4n) is 0.935. The van der Waals surface area contributed by atoms with E-state index in [9.17, 15) is 14.1 Å². The van der Waals surface area contributed by atoms with Gasteiger partial charge in [-0.15, -0.1) is 6.58 Å². The molecule has 0 aliphatic rings. The Labute approximate surface area is 96.3 Å². The van der Waals surface area contributed by atoms with Crippen molar-refractivity contribution in [3.63, 3.8) is 0 Å². The van der Waals surface area contributed by atoms with Crippen LogP contribution in [-0.4, -0.2) is 50.1 Å². The molecule has 0 aliphatic heterocycles. The summed E-state index contributed by atoms with van der Waals surface area (Å²) in [5, 5.41) is 9.37. The van der Waals surface area contributed by atoms with Gasteiger partial charge in [-0.3, -0.25) is 4.55 Å². The third kappa shape index (κ3) is 7.35. The van der Waals surface area contributed by atoms with Crippen LogP contribution in [-0.2, 0) is 16.0 Å². The van der Waals surface area contributed by atoms with Gasteiger partial charge in [0.25, 0.3) is 0 Å². The lowest BCUT2D eigenvalue weighted by Crippen LogP contribution is -2.37. The first kappa shape index (κ1) is 15.0. The average Bonchev–Trinajstić information content (AvgIpc) is 2.20. The molecule has 0 fully saturated rings. The van der Waals surface area contributed by atoms with Gasteiger partial charge in [0, 0.05) is 13.1 Å². The summed E-state index contributed by atoms with van der Waals surface area (Å²) in [5.74, 6) is 0. The first-order valence-electron chi connectivity index (χ1n) is 4.54. The highest BCUT2D eigenvalue weighted by molar-refractivity contribution is 7.76. The molecule has 0 bridgehead atoms. The van der Waals surface area contributed by atoms with E-state index < -0.39 is 23.5 Å². The molecule has 0 aromatic heterocycles. The Kier molecular flexibility index (Phi) is 7.73. The van der Waals surface area contributed by atoms with Gasteiger partial charge in [-0.1, -0.05) is 6.08 Å². The fourth-order valence-corrected chi connectivity index (χ4v) is 1.50. The standard InChI is InChI=1S/C8H16N2O5S/c1-2-3-4-10(16(13)14)5-7(11)6-15-8(9)12/h2,7,11H,1,3-6H2,(H2,9,12)(H,13,14). The van der Waals surface area contributed by atoms with Gasteiger partial charge < -0.3 is 15.6 Å². The van der Waals surface area contributed by atoms with E-state index in [-0.39, 0.29) is 19.7 Å². The van der Waals surface area contributed by atoms with Crippen molar-refractivity contribution in [1.82, 2.24) is 4.31 Å². The van der Waals surface area contributed by atoms with E-state index in [0.717, 1.165) is 4.31 Å². The summed E-state index contributed by atoms with van der Waals surface area (Å²) in [6, 6.07) is 0. The van der Waals surface area contributed by atoms with Crippen LogP contribution in [0.15, 0.2) is 12.7 Å².